The molecule has 1 N–H and O–H groups in total. The van der Waals surface area contributed by atoms with Gasteiger partial charge in [0.2, 0.25) is 0 Å². The van der Waals surface area contributed by atoms with Crippen molar-refractivity contribution in [3.8, 4) is 5.75 Å². The molecule has 1 rings (SSSR count). The summed E-state index contributed by atoms with van der Waals surface area (Å²) in [4.78, 5) is 11.6. The Balaban J connectivity index is 2.89. The van der Waals surface area contributed by atoms with E-state index in [1.807, 2.05) is 0 Å². The first-order valence-electron chi connectivity index (χ1n) is 6.50. The highest BCUT2D eigenvalue weighted by Gasteiger charge is 2.31. The smallest absolute Gasteiger partial charge is 0.313 e. The number of aliphatic hydroxyl groups is 1. The molecule has 1 unspecified atom stereocenters. The molecule has 0 aliphatic heterocycles. The van der Waals surface area contributed by atoms with Gasteiger partial charge in [0, 0.05) is 5.56 Å². The summed E-state index contributed by atoms with van der Waals surface area (Å²) in [7, 11) is 2.74. The fourth-order valence-corrected chi connectivity index (χ4v) is 1.84. The molecule has 0 spiro atoms. The van der Waals surface area contributed by atoms with Crippen LogP contribution in [0.3, 0.4) is 0 Å². The Morgan fingerprint density at radius 2 is 2.05 bits per heavy atom. The summed E-state index contributed by atoms with van der Waals surface area (Å²) in [5, 5.41) is 9.46. The van der Waals surface area contributed by atoms with E-state index in [0.29, 0.717) is 11.3 Å². The lowest BCUT2D eigenvalue weighted by Gasteiger charge is -2.25. The molecule has 0 amide bonds. The van der Waals surface area contributed by atoms with E-state index in [4.69, 9.17) is 9.47 Å². The highest BCUT2D eigenvalue weighted by molar-refractivity contribution is 5.75. The molecule has 1 aromatic carbocycles. The predicted molar refractivity (Wildman–Crippen MR) is 74.5 cm³/mol. The minimum absolute atomic E-state index is 0.0184. The molecule has 6 heteroatoms. The van der Waals surface area contributed by atoms with Gasteiger partial charge in [0.05, 0.1) is 32.8 Å². The summed E-state index contributed by atoms with van der Waals surface area (Å²) >= 11 is 0. The summed E-state index contributed by atoms with van der Waals surface area (Å²) in [5.41, 5.74) is -0.483. The van der Waals surface area contributed by atoms with Crippen molar-refractivity contribution in [3.05, 3.63) is 29.6 Å². The highest BCUT2D eigenvalue weighted by Crippen LogP contribution is 2.30. The van der Waals surface area contributed by atoms with Crippen molar-refractivity contribution >= 4 is 5.97 Å². The number of hydrogen-bond acceptors (Lipinski definition) is 5. The normalized spacial score (nSPS) is 12.9. The van der Waals surface area contributed by atoms with Gasteiger partial charge in [-0.15, -0.1) is 0 Å². The number of carbonyl (C=O) groups is 1. The lowest BCUT2D eigenvalue weighted by molar-refractivity contribution is -0.156. The van der Waals surface area contributed by atoms with Gasteiger partial charge in [-0.3, -0.25) is 4.79 Å². The van der Waals surface area contributed by atoms with Crippen LogP contribution in [-0.4, -0.2) is 38.5 Å². The van der Waals surface area contributed by atoms with Crippen molar-refractivity contribution in [2.24, 2.45) is 5.41 Å². The van der Waals surface area contributed by atoms with E-state index in [-0.39, 0.29) is 13.2 Å². The van der Waals surface area contributed by atoms with Gasteiger partial charge in [-0.25, -0.2) is 4.39 Å². The molecule has 0 fully saturated rings. The van der Waals surface area contributed by atoms with Crippen LogP contribution in [0.5, 0.6) is 5.75 Å². The molecule has 0 bridgehead atoms. The van der Waals surface area contributed by atoms with Gasteiger partial charge in [-0.05, 0) is 32.0 Å². The van der Waals surface area contributed by atoms with E-state index in [1.54, 1.807) is 13.8 Å². The van der Waals surface area contributed by atoms with Crippen LogP contribution in [0.25, 0.3) is 0 Å². The topological polar surface area (TPSA) is 65.0 Å². The first kappa shape index (κ1) is 17.4. The SMILES string of the molecule is COC(=O)C(C)(C)COC(CO)c1cc(F)ccc1OC. The van der Waals surface area contributed by atoms with Crippen LogP contribution >= 0.6 is 0 Å². The van der Waals surface area contributed by atoms with Crippen molar-refractivity contribution in [2.75, 3.05) is 27.4 Å². The largest absolute Gasteiger partial charge is 0.496 e. The number of halogens is 1. The Bertz CT molecular complexity index is 487. The molecular formula is C15H21FO5. The van der Waals surface area contributed by atoms with E-state index in [1.165, 1.54) is 32.4 Å². The van der Waals surface area contributed by atoms with Gasteiger partial charge in [-0.1, -0.05) is 0 Å². The molecule has 0 saturated carbocycles. The zero-order valence-electron chi connectivity index (χ0n) is 12.7. The second-order valence-electron chi connectivity index (χ2n) is 5.24. The van der Waals surface area contributed by atoms with Crippen LogP contribution in [0.1, 0.15) is 25.5 Å². The Morgan fingerprint density at radius 1 is 1.38 bits per heavy atom. The van der Waals surface area contributed by atoms with Crippen molar-refractivity contribution in [1.82, 2.24) is 0 Å². The summed E-state index contributed by atoms with van der Waals surface area (Å²) < 4.78 is 28.8. The number of ether oxygens (including phenoxy) is 3. The number of aliphatic hydroxyl groups excluding tert-OH is 1. The lowest BCUT2D eigenvalue weighted by atomic mass is 9.95. The zero-order chi connectivity index (χ0) is 16.0. The molecule has 1 atom stereocenters. The third kappa shape index (κ3) is 4.41. The molecule has 0 saturated heterocycles. The average molecular weight is 300 g/mol. The number of esters is 1. The summed E-state index contributed by atoms with van der Waals surface area (Å²) in [6.07, 6.45) is -0.792. The summed E-state index contributed by atoms with van der Waals surface area (Å²) in [6.45, 7) is 2.98. The standard InChI is InChI=1S/C15H21FO5/c1-15(2,14(18)20-4)9-21-13(8-17)11-7-10(16)5-6-12(11)19-3/h5-7,13,17H,8-9H2,1-4H3. The minimum Gasteiger partial charge on any atom is -0.496 e. The quantitative estimate of drug-likeness (QED) is 0.781. The van der Waals surface area contributed by atoms with Crippen molar-refractivity contribution < 1.29 is 28.5 Å². The molecule has 0 aromatic heterocycles. The number of benzene rings is 1. The first-order chi connectivity index (χ1) is 9.85. The van der Waals surface area contributed by atoms with Crippen LogP contribution in [0.15, 0.2) is 18.2 Å². The Kier molecular flexibility index (Phi) is 6.11. The van der Waals surface area contributed by atoms with Gasteiger partial charge in [0.15, 0.2) is 0 Å². The van der Waals surface area contributed by atoms with Crippen LogP contribution in [0, 0.1) is 11.2 Å². The molecule has 0 aliphatic carbocycles. The average Bonchev–Trinajstić information content (AvgIpc) is 2.47. The van der Waals surface area contributed by atoms with Crippen LogP contribution < -0.4 is 4.74 Å². The molecule has 0 aliphatic rings. The number of rotatable bonds is 7. The fourth-order valence-electron chi connectivity index (χ4n) is 1.84. The lowest BCUT2D eigenvalue weighted by Crippen LogP contribution is -2.32. The number of hydrogen-bond donors (Lipinski definition) is 1. The van der Waals surface area contributed by atoms with Crippen LogP contribution in [0.4, 0.5) is 4.39 Å². The maximum absolute atomic E-state index is 13.4. The van der Waals surface area contributed by atoms with Crippen molar-refractivity contribution in [1.29, 1.82) is 0 Å². The van der Waals surface area contributed by atoms with E-state index in [2.05, 4.69) is 4.74 Å². The van der Waals surface area contributed by atoms with Crippen molar-refractivity contribution in [2.45, 2.75) is 20.0 Å². The minimum atomic E-state index is -0.872. The van der Waals surface area contributed by atoms with Gasteiger partial charge in [0.1, 0.15) is 17.7 Å². The van der Waals surface area contributed by atoms with E-state index < -0.39 is 23.3 Å². The number of methoxy groups -OCH3 is 2. The Hall–Kier alpha value is -1.66. The maximum Gasteiger partial charge on any atom is 0.313 e. The van der Waals surface area contributed by atoms with Crippen LogP contribution in [-0.2, 0) is 14.3 Å². The third-order valence-corrected chi connectivity index (χ3v) is 3.09. The molecule has 0 radical (unpaired) electrons. The highest BCUT2D eigenvalue weighted by atomic mass is 19.1. The van der Waals surface area contributed by atoms with Gasteiger partial charge in [0.25, 0.3) is 0 Å². The molecular weight excluding hydrogens is 279 g/mol. The Labute approximate surface area is 123 Å². The third-order valence-electron chi connectivity index (χ3n) is 3.09. The van der Waals surface area contributed by atoms with Gasteiger partial charge >= 0.3 is 5.97 Å². The van der Waals surface area contributed by atoms with E-state index in [0.717, 1.165) is 0 Å². The molecule has 1 aromatic rings. The molecule has 21 heavy (non-hydrogen) atoms. The molecule has 118 valence electrons. The van der Waals surface area contributed by atoms with Crippen LogP contribution in [0.2, 0.25) is 0 Å². The summed E-state index contributed by atoms with van der Waals surface area (Å²) in [6, 6.07) is 3.96. The van der Waals surface area contributed by atoms with Gasteiger partial charge < -0.3 is 19.3 Å². The first-order valence-corrected chi connectivity index (χ1v) is 6.50. The van der Waals surface area contributed by atoms with E-state index >= 15 is 0 Å². The second-order valence-corrected chi connectivity index (χ2v) is 5.24. The molecule has 0 heterocycles. The monoisotopic (exact) mass is 300 g/mol. The second kappa shape index (κ2) is 7.38. The summed E-state index contributed by atoms with van der Waals surface area (Å²) in [5.74, 6) is -0.475. The molecule has 5 nitrogen and oxygen atoms in total. The maximum atomic E-state index is 13.4. The van der Waals surface area contributed by atoms with E-state index in [9.17, 15) is 14.3 Å². The Morgan fingerprint density at radius 3 is 2.57 bits per heavy atom. The zero-order valence-corrected chi connectivity index (χ0v) is 12.7. The fraction of sp³-hybridized carbons (Fsp3) is 0.533. The number of carbonyl (C=O) groups excluding carboxylic acids is 1. The van der Waals surface area contributed by atoms with Gasteiger partial charge in [-0.2, -0.15) is 0 Å². The van der Waals surface area contributed by atoms with Crippen molar-refractivity contribution in [3.63, 3.8) is 0 Å². The predicted octanol–water partition coefficient (Wildman–Crippen LogP) is 2.08.